The van der Waals surface area contributed by atoms with Gasteiger partial charge >= 0.3 is 0 Å². The Kier molecular flexibility index (Phi) is 5.90. The molecular formula is C23H21N3O3S. The van der Waals surface area contributed by atoms with E-state index in [4.69, 9.17) is 0 Å². The van der Waals surface area contributed by atoms with Gasteiger partial charge in [0, 0.05) is 23.7 Å². The fourth-order valence-corrected chi connectivity index (χ4v) is 3.68. The quantitative estimate of drug-likeness (QED) is 0.534. The number of rotatable bonds is 7. The molecule has 7 heteroatoms. The first-order valence-corrected chi connectivity index (χ1v) is 10.5. The van der Waals surface area contributed by atoms with Crippen molar-refractivity contribution in [1.82, 2.24) is 5.32 Å². The van der Waals surface area contributed by atoms with Gasteiger partial charge in [-0.3, -0.25) is 14.4 Å². The number of amides is 3. The van der Waals surface area contributed by atoms with Crippen molar-refractivity contribution in [1.29, 1.82) is 0 Å². The summed E-state index contributed by atoms with van der Waals surface area (Å²) in [7, 11) is 0. The number of carbonyl (C=O) groups is 3. The van der Waals surface area contributed by atoms with Crippen molar-refractivity contribution in [2.24, 2.45) is 5.92 Å². The summed E-state index contributed by atoms with van der Waals surface area (Å²) in [5.41, 5.74) is 2.14. The van der Waals surface area contributed by atoms with E-state index in [1.165, 1.54) is 11.3 Å². The molecule has 0 spiro atoms. The molecule has 152 valence electrons. The van der Waals surface area contributed by atoms with Crippen LogP contribution in [0.15, 0.2) is 66.7 Å². The van der Waals surface area contributed by atoms with Crippen LogP contribution in [-0.4, -0.2) is 17.7 Å². The molecule has 1 aromatic heterocycles. The Labute approximate surface area is 178 Å². The zero-order valence-electron chi connectivity index (χ0n) is 16.2. The highest BCUT2D eigenvalue weighted by Gasteiger charge is 2.29. The highest BCUT2D eigenvalue weighted by molar-refractivity contribution is 7.18. The molecule has 1 saturated carbocycles. The molecule has 3 N–H and O–H groups in total. The second kappa shape index (κ2) is 8.92. The first kappa shape index (κ1) is 19.8. The molecule has 0 radical (unpaired) electrons. The molecule has 1 aliphatic rings. The maximum Gasteiger partial charge on any atom is 0.265 e. The predicted octanol–water partition coefficient (Wildman–Crippen LogP) is 4.28. The Morgan fingerprint density at radius 2 is 1.57 bits per heavy atom. The van der Waals surface area contributed by atoms with Gasteiger partial charge in [-0.25, -0.2) is 0 Å². The summed E-state index contributed by atoms with van der Waals surface area (Å²) >= 11 is 1.24. The van der Waals surface area contributed by atoms with Crippen LogP contribution < -0.4 is 16.0 Å². The van der Waals surface area contributed by atoms with E-state index in [0.717, 1.165) is 18.4 Å². The molecule has 2 aromatic carbocycles. The lowest BCUT2D eigenvalue weighted by molar-refractivity contribution is -0.117. The van der Waals surface area contributed by atoms with Gasteiger partial charge in [0.05, 0.1) is 9.88 Å². The minimum atomic E-state index is -0.256. The first-order valence-electron chi connectivity index (χ1n) is 9.73. The van der Waals surface area contributed by atoms with Crippen molar-refractivity contribution in [2.45, 2.75) is 19.4 Å². The molecule has 0 bridgehead atoms. The van der Waals surface area contributed by atoms with Crippen LogP contribution in [0.2, 0.25) is 0 Å². The zero-order chi connectivity index (χ0) is 20.9. The molecular weight excluding hydrogens is 398 g/mol. The van der Waals surface area contributed by atoms with E-state index >= 15 is 0 Å². The van der Waals surface area contributed by atoms with E-state index in [1.54, 1.807) is 36.4 Å². The number of hydrogen-bond donors (Lipinski definition) is 3. The van der Waals surface area contributed by atoms with Crippen LogP contribution in [-0.2, 0) is 11.3 Å². The van der Waals surface area contributed by atoms with E-state index in [0.29, 0.717) is 27.7 Å². The highest BCUT2D eigenvalue weighted by atomic mass is 32.1. The third-order valence-corrected chi connectivity index (χ3v) is 5.72. The summed E-state index contributed by atoms with van der Waals surface area (Å²) < 4.78 is 0. The van der Waals surface area contributed by atoms with E-state index in [9.17, 15) is 14.4 Å². The van der Waals surface area contributed by atoms with E-state index in [2.05, 4.69) is 16.0 Å². The van der Waals surface area contributed by atoms with Crippen LogP contribution >= 0.6 is 11.3 Å². The van der Waals surface area contributed by atoms with Crippen molar-refractivity contribution < 1.29 is 14.4 Å². The number of hydrogen-bond acceptors (Lipinski definition) is 4. The predicted molar refractivity (Wildman–Crippen MR) is 118 cm³/mol. The number of thiophene rings is 1. The number of carbonyl (C=O) groups excluding carboxylic acids is 3. The first-order chi connectivity index (χ1) is 14.6. The third kappa shape index (κ3) is 5.12. The van der Waals surface area contributed by atoms with E-state index < -0.39 is 0 Å². The average molecular weight is 420 g/mol. The summed E-state index contributed by atoms with van der Waals surface area (Å²) in [6, 6.07) is 19.8. The van der Waals surface area contributed by atoms with Gasteiger partial charge < -0.3 is 16.0 Å². The van der Waals surface area contributed by atoms with Crippen molar-refractivity contribution in [3.05, 3.63) is 82.7 Å². The number of nitrogens with one attached hydrogen (secondary N) is 3. The van der Waals surface area contributed by atoms with Crippen molar-refractivity contribution in [2.75, 3.05) is 10.6 Å². The van der Waals surface area contributed by atoms with Crippen LogP contribution in [0.25, 0.3) is 0 Å². The summed E-state index contributed by atoms with van der Waals surface area (Å²) in [5.74, 6) is -0.294. The lowest BCUT2D eigenvalue weighted by Crippen LogP contribution is -2.22. The minimum absolute atomic E-state index is 0.0185. The summed E-state index contributed by atoms with van der Waals surface area (Å²) in [6.45, 7) is 0.455. The fourth-order valence-electron chi connectivity index (χ4n) is 2.87. The van der Waals surface area contributed by atoms with Gasteiger partial charge in [0.2, 0.25) is 5.91 Å². The Balaban J connectivity index is 1.30. The molecule has 6 nitrogen and oxygen atoms in total. The van der Waals surface area contributed by atoms with Crippen LogP contribution in [0.3, 0.4) is 0 Å². The van der Waals surface area contributed by atoms with Crippen molar-refractivity contribution in [3.63, 3.8) is 0 Å². The topological polar surface area (TPSA) is 87.3 Å². The van der Waals surface area contributed by atoms with Crippen LogP contribution in [0.1, 0.15) is 38.4 Å². The second-order valence-electron chi connectivity index (χ2n) is 7.13. The standard InChI is InChI=1S/C23H21N3O3S/c27-21(24-14-15-4-2-1-3-5-15)16-8-10-18(11-9-16)25-23(29)19-12-13-20(30-19)26-22(28)17-6-7-17/h1-5,8-13,17H,6-7,14H2,(H,24,27)(H,25,29)(H,26,28). The molecule has 0 atom stereocenters. The lowest BCUT2D eigenvalue weighted by Gasteiger charge is -2.07. The van der Waals surface area contributed by atoms with Gasteiger partial charge in [0.1, 0.15) is 0 Å². The molecule has 3 amide bonds. The summed E-state index contributed by atoms with van der Waals surface area (Å²) in [4.78, 5) is 37.1. The van der Waals surface area contributed by atoms with Crippen molar-refractivity contribution in [3.8, 4) is 0 Å². The molecule has 3 aromatic rings. The van der Waals surface area contributed by atoms with Gasteiger partial charge in [-0.2, -0.15) is 0 Å². The van der Waals surface area contributed by atoms with Crippen molar-refractivity contribution >= 4 is 39.7 Å². The monoisotopic (exact) mass is 419 g/mol. The van der Waals surface area contributed by atoms with Crippen LogP contribution in [0.5, 0.6) is 0 Å². The van der Waals surface area contributed by atoms with Gasteiger partial charge in [-0.1, -0.05) is 30.3 Å². The normalized spacial score (nSPS) is 12.8. The maximum absolute atomic E-state index is 12.4. The Hall–Kier alpha value is -3.45. The molecule has 1 fully saturated rings. The van der Waals surface area contributed by atoms with Gasteiger partial charge in [-0.05, 0) is 54.8 Å². The number of anilines is 2. The second-order valence-corrected chi connectivity index (χ2v) is 8.21. The molecule has 1 heterocycles. The summed E-state index contributed by atoms with van der Waals surface area (Å²) in [5, 5.41) is 9.19. The number of benzene rings is 2. The SMILES string of the molecule is O=C(NCc1ccccc1)c1ccc(NC(=O)c2ccc(NC(=O)C3CC3)s2)cc1. The third-order valence-electron chi connectivity index (χ3n) is 4.73. The Morgan fingerprint density at radius 1 is 0.833 bits per heavy atom. The molecule has 30 heavy (non-hydrogen) atoms. The molecule has 4 rings (SSSR count). The average Bonchev–Trinajstić information content (AvgIpc) is 3.52. The maximum atomic E-state index is 12.4. The van der Waals surface area contributed by atoms with Gasteiger partial charge in [0.25, 0.3) is 11.8 Å². The van der Waals surface area contributed by atoms with E-state index in [1.807, 2.05) is 30.3 Å². The zero-order valence-corrected chi connectivity index (χ0v) is 17.0. The molecule has 0 unspecified atom stereocenters. The molecule has 0 saturated heterocycles. The minimum Gasteiger partial charge on any atom is -0.348 e. The van der Waals surface area contributed by atoms with Crippen LogP contribution in [0.4, 0.5) is 10.7 Å². The summed E-state index contributed by atoms with van der Waals surface area (Å²) in [6.07, 6.45) is 1.87. The highest BCUT2D eigenvalue weighted by Crippen LogP contribution is 2.31. The van der Waals surface area contributed by atoms with Gasteiger partial charge in [0.15, 0.2) is 0 Å². The Bertz CT molecular complexity index is 1060. The molecule has 0 aliphatic heterocycles. The van der Waals surface area contributed by atoms with Crippen LogP contribution in [0, 0.1) is 5.92 Å². The largest absolute Gasteiger partial charge is 0.348 e. The lowest BCUT2D eigenvalue weighted by atomic mass is 10.1. The molecule has 1 aliphatic carbocycles. The van der Waals surface area contributed by atoms with E-state index in [-0.39, 0.29) is 23.6 Å². The fraction of sp³-hybridized carbons (Fsp3) is 0.174. The Morgan fingerprint density at radius 3 is 2.27 bits per heavy atom. The smallest absolute Gasteiger partial charge is 0.265 e. The van der Waals surface area contributed by atoms with Gasteiger partial charge in [-0.15, -0.1) is 11.3 Å².